The van der Waals surface area contributed by atoms with Gasteiger partial charge in [-0.05, 0) is 47.2 Å². The molecule has 0 fully saturated rings. The van der Waals surface area contributed by atoms with Gasteiger partial charge >= 0.3 is 0 Å². The molecule has 1 aliphatic heterocycles. The zero-order chi connectivity index (χ0) is 18.1. The van der Waals surface area contributed by atoms with Crippen molar-refractivity contribution in [1.29, 1.82) is 0 Å². The van der Waals surface area contributed by atoms with Gasteiger partial charge in [-0.15, -0.1) is 0 Å². The Labute approximate surface area is 158 Å². The summed E-state index contributed by atoms with van der Waals surface area (Å²) in [5.41, 5.74) is 6.90. The van der Waals surface area contributed by atoms with Gasteiger partial charge in [0.15, 0.2) is 5.78 Å². The van der Waals surface area contributed by atoms with Gasteiger partial charge in [-0.3, -0.25) is 4.79 Å². The van der Waals surface area contributed by atoms with Crippen LogP contribution < -0.4 is 0 Å². The Bertz CT molecular complexity index is 1060. The number of carbonyl (C=O) groups excluding carboxylic acids is 1. The van der Waals surface area contributed by atoms with Crippen LogP contribution in [0.25, 0.3) is 5.69 Å². The van der Waals surface area contributed by atoms with Crippen LogP contribution in [0.5, 0.6) is 0 Å². The zero-order valence-corrected chi connectivity index (χ0v) is 15.7. The van der Waals surface area contributed by atoms with E-state index in [1.807, 2.05) is 18.2 Å². The van der Waals surface area contributed by atoms with Crippen molar-refractivity contribution in [2.75, 3.05) is 0 Å². The van der Waals surface area contributed by atoms with Crippen molar-refractivity contribution in [2.45, 2.75) is 32.6 Å². The smallest absolute Gasteiger partial charge is 0.165 e. The second-order valence-corrected chi connectivity index (χ2v) is 8.69. The summed E-state index contributed by atoms with van der Waals surface area (Å²) in [4.78, 5) is 12.8. The van der Waals surface area contributed by atoms with Gasteiger partial charge in [-0.1, -0.05) is 55.8 Å². The first-order valence-corrected chi connectivity index (χ1v) is 9.45. The maximum absolute atomic E-state index is 12.8. The average molecular weight is 362 g/mol. The second kappa shape index (κ2) is 5.34. The lowest BCUT2D eigenvalue weighted by atomic mass is 9.76. The predicted molar refractivity (Wildman–Crippen MR) is 105 cm³/mol. The molecular weight excluding hydrogens is 342 g/mol. The van der Waals surface area contributed by atoms with E-state index in [1.165, 1.54) is 28.2 Å². The standard InChI is InChI=1S/C23H20ClNO/c1-23(2)12-20-17(21(26)13-23)11-19-22(14-6-5-7-15(24)10-14)16-8-3-4-9-18(16)25(19)20/h3-11,22H,12-13H2,1-2H3. The molecule has 1 aliphatic carbocycles. The summed E-state index contributed by atoms with van der Waals surface area (Å²) in [6.45, 7) is 4.37. The topological polar surface area (TPSA) is 22.0 Å². The summed E-state index contributed by atoms with van der Waals surface area (Å²) in [6.07, 6.45) is 1.54. The number of ketones is 1. The first-order chi connectivity index (χ1) is 12.4. The van der Waals surface area contributed by atoms with E-state index in [1.54, 1.807) is 0 Å². The van der Waals surface area contributed by atoms with Crippen LogP contribution in [0.4, 0.5) is 0 Å². The average Bonchev–Trinajstić information content (AvgIpc) is 3.09. The normalized spacial score (nSPS) is 19.8. The van der Waals surface area contributed by atoms with Crippen molar-refractivity contribution < 1.29 is 4.79 Å². The van der Waals surface area contributed by atoms with Crippen molar-refractivity contribution in [2.24, 2.45) is 5.41 Å². The van der Waals surface area contributed by atoms with E-state index in [0.29, 0.717) is 6.42 Å². The lowest BCUT2D eigenvalue weighted by Gasteiger charge is -2.29. The lowest BCUT2D eigenvalue weighted by Crippen LogP contribution is -2.27. The third-order valence-electron chi connectivity index (χ3n) is 5.68. The summed E-state index contributed by atoms with van der Waals surface area (Å²) in [7, 11) is 0. The lowest BCUT2D eigenvalue weighted by molar-refractivity contribution is 0.0911. The Kier molecular flexibility index (Phi) is 3.27. The van der Waals surface area contributed by atoms with E-state index in [9.17, 15) is 4.79 Å². The van der Waals surface area contributed by atoms with Gasteiger partial charge in [-0.2, -0.15) is 0 Å². The molecule has 130 valence electrons. The van der Waals surface area contributed by atoms with Crippen LogP contribution in [0, 0.1) is 5.41 Å². The Hall–Kier alpha value is -2.32. The fourth-order valence-electron chi connectivity index (χ4n) is 4.66. The van der Waals surface area contributed by atoms with Crippen molar-refractivity contribution in [3.63, 3.8) is 0 Å². The van der Waals surface area contributed by atoms with Gasteiger partial charge in [0.2, 0.25) is 0 Å². The van der Waals surface area contributed by atoms with E-state index in [-0.39, 0.29) is 17.1 Å². The van der Waals surface area contributed by atoms with Gasteiger partial charge < -0.3 is 4.57 Å². The Balaban J connectivity index is 1.79. The van der Waals surface area contributed by atoms with Gasteiger partial charge in [0.1, 0.15) is 0 Å². The molecule has 2 heterocycles. The Morgan fingerprint density at radius 3 is 2.65 bits per heavy atom. The molecule has 3 aromatic rings. The minimum Gasteiger partial charge on any atom is -0.316 e. The SMILES string of the molecule is CC1(C)CC(=O)c2cc3n(c2C1)-c1ccccc1C3c1cccc(Cl)c1. The van der Waals surface area contributed by atoms with E-state index in [0.717, 1.165) is 17.0 Å². The largest absolute Gasteiger partial charge is 0.316 e. The van der Waals surface area contributed by atoms with Gasteiger partial charge in [-0.25, -0.2) is 0 Å². The number of carbonyl (C=O) groups is 1. The molecule has 0 amide bonds. The molecule has 26 heavy (non-hydrogen) atoms. The summed E-state index contributed by atoms with van der Waals surface area (Å²) in [5.74, 6) is 0.381. The third kappa shape index (κ3) is 2.22. The van der Waals surface area contributed by atoms with Crippen LogP contribution in [0.3, 0.4) is 0 Å². The van der Waals surface area contributed by atoms with Crippen molar-refractivity contribution in [3.8, 4) is 5.69 Å². The predicted octanol–water partition coefficient (Wildman–Crippen LogP) is 5.78. The number of hydrogen-bond acceptors (Lipinski definition) is 1. The molecule has 0 saturated heterocycles. The maximum Gasteiger partial charge on any atom is 0.165 e. The zero-order valence-electron chi connectivity index (χ0n) is 14.9. The van der Waals surface area contributed by atoms with E-state index >= 15 is 0 Å². The minimum atomic E-state index is 0.00227. The quantitative estimate of drug-likeness (QED) is 0.421. The molecule has 2 aromatic carbocycles. The molecular formula is C23H20ClNO. The number of para-hydroxylation sites is 1. The molecule has 3 heteroatoms. The third-order valence-corrected chi connectivity index (χ3v) is 5.92. The number of benzene rings is 2. The van der Waals surface area contributed by atoms with Crippen LogP contribution in [-0.4, -0.2) is 10.4 Å². The molecule has 1 unspecified atom stereocenters. The highest BCUT2D eigenvalue weighted by Gasteiger charge is 2.39. The van der Waals surface area contributed by atoms with Crippen molar-refractivity contribution >= 4 is 17.4 Å². The summed E-state index contributed by atoms with van der Waals surface area (Å²) < 4.78 is 2.33. The van der Waals surface area contributed by atoms with Crippen LogP contribution >= 0.6 is 11.6 Å². The Morgan fingerprint density at radius 2 is 1.85 bits per heavy atom. The number of aromatic nitrogens is 1. The Morgan fingerprint density at radius 1 is 1.04 bits per heavy atom. The molecule has 1 atom stereocenters. The summed E-state index contributed by atoms with van der Waals surface area (Å²) >= 11 is 6.28. The molecule has 5 rings (SSSR count). The van der Waals surface area contributed by atoms with Crippen LogP contribution in [0.2, 0.25) is 5.02 Å². The molecule has 0 radical (unpaired) electrons. The fourth-order valence-corrected chi connectivity index (χ4v) is 4.86. The van der Waals surface area contributed by atoms with Crippen molar-refractivity contribution in [1.82, 2.24) is 4.57 Å². The van der Waals surface area contributed by atoms with Crippen LogP contribution in [0.1, 0.15) is 59.1 Å². The number of rotatable bonds is 1. The van der Waals surface area contributed by atoms with E-state index < -0.39 is 0 Å². The number of nitrogens with zero attached hydrogens (tertiary/aromatic N) is 1. The van der Waals surface area contributed by atoms with E-state index in [2.05, 4.69) is 54.8 Å². The first kappa shape index (κ1) is 15.9. The number of fused-ring (bicyclic) bond motifs is 5. The minimum absolute atomic E-state index is 0.00227. The molecule has 0 bridgehead atoms. The molecule has 1 aromatic heterocycles. The summed E-state index contributed by atoms with van der Waals surface area (Å²) in [6, 6.07) is 18.7. The van der Waals surface area contributed by atoms with Crippen LogP contribution in [0.15, 0.2) is 54.6 Å². The van der Waals surface area contributed by atoms with Crippen molar-refractivity contribution in [3.05, 3.63) is 87.7 Å². The van der Waals surface area contributed by atoms with Gasteiger partial charge in [0.25, 0.3) is 0 Å². The summed E-state index contributed by atoms with van der Waals surface area (Å²) in [5, 5.41) is 0.743. The van der Waals surface area contributed by atoms with Gasteiger partial charge in [0.05, 0.1) is 5.92 Å². The van der Waals surface area contributed by atoms with E-state index in [4.69, 9.17) is 11.6 Å². The number of Topliss-reactive ketones (excluding diaryl/α,β-unsaturated/α-hetero) is 1. The molecule has 0 spiro atoms. The highest BCUT2D eigenvalue weighted by molar-refractivity contribution is 6.30. The highest BCUT2D eigenvalue weighted by Crippen LogP contribution is 2.47. The molecule has 0 N–H and O–H groups in total. The van der Waals surface area contributed by atoms with Gasteiger partial charge in [0, 0.05) is 34.1 Å². The highest BCUT2D eigenvalue weighted by atomic mass is 35.5. The molecule has 2 aliphatic rings. The maximum atomic E-state index is 12.8. The molecule has 0 saturated carbocycles. The fraction of sp³-hybridized carbons (Fsp3) is 0.261. The monoisotopic (exact) mass is 361 g/mol. The number of hydrogen-bond donors (Lipinski definition) is 0. The second-order valence-electron chi connectivity index (χ2n) is 8.25. The number of halogens is 1. The van der Waals surface area contributed by atoms with Crippen LogP contribution in [-0.2, 0) is 6.42 Å². The first-order valence-electron chi connectivity index (χ1n) is 9.07. The molecule has 2 nitrogen and oxygen atoms in total.